The molecule has 1 heterocycles. The van der Waals surface area contributed by atoms with E-state index in [1.807, 2.05) is 4.98 Å². The number of hydrogen-bond donors (Lipinski definition) is 1. The smallest absolute Gasteiger partial charge is 0.417 e. The number of carbonyl (C=O) groups is 1. The maximum atomic E-state index is 12.3. The summed E-state index contributed by atoms with van der Waals surface area (Å²) >= 11 is 0. The van der Waals surface area contributed by atoms with Crippen LogP contribution in [0.3, 0.4) is 0 Å². The summed E-state index contributed by atoms with van der Waals surface area (Å²) in [4.78, 5) is 24.2. The lowest BCUT2D eigenvalue weighted by Gasteiger charge is -2.07. The Hall–Kier alpha value is -1.79. The van der Waals surface area contributed by atoms with Crippen molar-refractivity contribution in [3.05, 3.63) is 33.7 Å². The number of ether oxygens (including phenoxy) is 1. The minimum atomic E-state index is -4.56. The number of nitrogens with one attached hydrogen (secondary N) is 1. The molecule has 0 bridgehead atoms. The molecule has 17 heavy (non-hydrogen) atoms. The number of aromatic nitrogens is 1. The van der Waals surface area contributed by atoms with Crippen molar-refractivity contribution in [2.45, 2.75) is 19.5 Å². The van der Waals surface area contributed by atoms with Gasteiger partial charge in [0.25, 0.3) is 5.56 Å². The first-order valence-electron chi connectivity index (χ1n) is 4.79. The van der Waals surface area contributed by atoms with Gasteiger partial charge < -0.3 is 9.72 Å². The number of hydrogen-bond acceptors (Lipinski definition) is 3. The Bertz CT molecular complexity index is 465. The highest BCUT2D eigenvalue weighted by molar-refractivity contribution is 5.72. The van der Waals surface area contributed by atoms with Crippen LogP contribution in [0.4, 0.5) is 13.2 Å². The molecule has 0 spiro atoms. The first-order valence-corrected chi connectivity index (χ1v) is 4.79. The normalized spacial score (nSPS) is 11.3. The van der Waals surface area contributed by atoms with Crippen LogP contribution in [0.15, 0.2) is 17.1 Å². The van der Waals surface area contributed by atoms with Crippen molar-refractivity contribution in [3.8, 4) is 0 Å². The van der Waals surface area contributed by atoms with Crippen LogP contribution in [0.1, 0.15) is 18.1 Å². The summed E-state index contributed by atoms with van der Waals surface area (Å²) in [5, 5.41) is 0. The van der Waals surface area contributed by atoms with E-state index < -0.39 is 29.7 Å². The van der Waals surface area contributed by atoms with Gasteiger partial charge in [0, 0.05) is 11.8 Å². The van der Waals surface area contributed by atoms with Crippen LogP contribution in [-0.4, -0.2) is 17.6 Å². The summed E-state index contributed by atoms with van der Waals surface area (Å²) < 4.78 is 41.6. The van der Waals surface area contributed by atoms with E-state index in [9.17, 15) is 22.8 Å². The molecule has 94 valence electrons. The molecule has 0 saturated carbocycles. The zero-order valence-electron chi connectivity index (χ0n) is 8.93. The summed E-state index contributed by atoms with van der Waals surface area (Å²) in [5.74, 6) is -0.739. The molecule has 1 aromatic rings. The first kappa shape index (κ1) is 13.3. The number of alkyl halides is 3. The molecule has 0 amide bonds. The van der Waals surface area contributed by atoms with Crippen molar-refractivity contribution in [2.75, 3.05) is 6.61 Å². The molecule has 7 heteroatoms. The minimum absolute atomic E-state index is 0.107. The fourth-order valence-corrected chi connectivity index (χ4v) is 1.19. The monoisotopic (exact) mass is 249 g/mol. The largest absolute Gasteiger partial charge is 0.466 e. The first-order chi connectivity index (χ1) is 7.84. The van der Waals surface area contributed by atoms with Gasteiger partial charge in [-0.2, -0.15) is 13.2 Å². The predicted molar refractivity (Wildman–Crippen MR) is 52.4 cm³/mol. The predicted octanol–water partition coefficient (Wildman–Crippen LogP) is 1.50. The summed E-state index contributed by atoms with van der Waals surface area (Å²) in [6, 6.07) is 0.649. The number of aromatic amines is 1. The average molecular weight is 249 g/mol. The molecule has 0 saturated heterocycles. The lowest BCUT2D eigenvalue weighted by molar-refractivity contribution is -0.142. The van der Waals surface area contributed by atoms with Crippen molar-refractivity contribution >= 4 is 5.97 Å². The number of rotatable bonds is 3. The average Bonchev–Trinajstić information content (AvgIpc) is 2.20. The van der Waals surface area contributed by atoms with Crippen LogP contribution >= 0.6 is 0 Å². The third kappa shape index (κ3) is 3.61. The zero-order valence-corrected chi connectivity index (χ0v) is 8.93. The third-order valence-electron chi connectivity index (χ3n) is 1.95. The Kier molecular flexibility index (Phi) is 3.93. The molecule has 0 aliphatic carbocycles. The van der Waals surface area contributed by atoms with E-state index in [0.717, 1.165) is 0 Å². The van der Waals surface area contributed by atoms with Gasteiger partial charge >= 0.3 is 12.1 Å². The number of esters is 1. The SMILES string of the molecule is CCOC(=O)Cc1cc(C(F)(F)F)c[nH]c1=O. The van der Waals surface area contributed by atoms with Gasteiger partial charge in [-0.1, -0.05) is 0 Å². The standard InChI is InChI=1S/C10H10F3NO3/c1-2-17-8(15)4-6-3-7(10(11,12)13)5-14-9(6)16/h3,5H,2,4H2,1H3,(H,14,16). The van der Waals surface area contributed by atoms with Gasteiger partial charge in [-0.15, -0.1) is 0 Å². The van der Waals surface area contributed by atoms with Gasteiger partial charge in [0.15, 0.2) is 0 Å². The van der Waals surface area contributed by atoms with E-state index >= 15 is 0 Å². The number of carbonyl (C=O) groups excluding carboxylic acids is 1. The summed E-state index contributed by atoms with van der Waals surface area (Å²) in [6.45, 7) is 1.67. The highest BCUT2D eigenvalue weighted by atomic mass is 19.4. The Morgan fingerprint density at radius 3 is 2.65 bits per heavy atom. The van der Waals surface area contributed by atoms with Crippen molar-refractivity contribution < 1.29 is 22.7 Å². The molecule has 0 atom stereocenters. The molecule has 4 nitrogen and oxygen atoms in total. The fraction of sp³-hybridized carbons (Fsp3) is 0.400. The lowest BCUT2D eigenvalue weighted by Crippen LogP contribution is -2.20. The van der Waals surface area contributed by atoms with E-state index in [0.29, 0.717) is 12.3 Å². The van der Waals surface area contributed by atoms with Gasteiger partial charge in [0.1, 0.15) is 0 Å². The van der Waals surface area contributed by atoms with Gasteiger partial charge in [0.2, 0.25) is 0 Å². The zero-order chi connectivity index (χ0) is 13.1. The molecule has 0 unspecified atom stereocenters. The van der Waals surface area contributed by atoms with Crippen LogP contribution in [-0.2, 0) is 22.1 Å². The van der Waals surface area contributed by atoms with E-state index in [1.54, 1.807) is 6.92 Å². The maximum Gasteiger partial charge on any atom is 0.417 e. The van der Waals surface area contributed by atoms with Crippen LogP contribution in [0.2, 0.25) is 0 Å². The van der Waals surface area contributed by atoms with Crippen molar-refractivity contribution in [1.29, 1.82) is 0 Å². The Labute approximate surface area is 94.4 Å². The van der Waals surface area contributed by atoms with Gasteiger partial charge in [-0.3, -0.25) is 9.59 Å². The summed E-state index contributed by atoms with van der Waals surface area (Å²) in [5.41, 5.74) is -2.00. The minimum Gasteiger partial charge on any atom is -0.466 e. The van der Waals surface area contributed by atoms with Gasteiger partial charge in [-0.05, 0) is 13.0 Å². The van der Waals surface area contributed by atoms with Crippen molar-refractivity contribution in [2.24, 2.45) is 0 Å². The topological polar surface area (TPSA) is 59.2 Å². The van der Waals surface area contributed by atoms with E-state index in [2.05, 4.69) is 4.74 Å². The Morgan fingerprint density at radius 2 is 2.12 bits per heavy atom. The van der Waals surface area contributed by atoms with Crippen molar-refractivity contribution in [3.63, 3.8) is 0 Å². The highest BCUT2D eigenvalue weighted by Gasteiger charge is 2.31. The quantitative estimate of drug-likeness (QED) is 0.826. The molecular formula is C10H10F3NO3. The summed E-state index contributed by atoms with van der Waals surface area (Å²) in [7, 11) is 0. The van der Waals surface area contributed by atoms with Crippen LogP contribution in [0.5, 0.6) is 0 Å². The molecule has 0 aliphatic heterocycles. The Balaban J connectivity index is 2.99. The van der Waals surface area contributed by atoms with Gasteiger partial charge in [-0.25, -0.2) is 0 Å². The van der Waals surface area contributed by atoms with Crippen LogP contribution < -0.4 is 5.56 Å². The molecule has 0 aliphatic rings. The van der Waals surface area contributed by atoms with Gasteiger partial charge in [0.05, 0.1) is 18.6 Å². The second-order valence-corrected chi connectivity index (χ2v) is 3.22. The second kappa shape index (κ2) is 5.03. The van der Waals surface area contributed by atoms with E-state index in [1.165, 1.54) is 0 Å². The molecule has 1 N–H and O–H groups in total. The molecule has 0 fully saturated rings. The third-order valence-corrected chi connectivity index (χ3v) is 1.95. The molecule has 1 aromatic heterocycles. The fourth-order valence-electron chi connectivity index (χ4n) is 1.19. The summed E-state index contributed by atoms with van der Waals surface area (Å²) in [6.07, 6.45) is -4.47. The number of halogens is 3. The maximum absolute atomic E-state index is 12.3. The van der Waals surface area contributed by atoms with Crippen LogP contribution in [0, 0.1) is 0 Å². The Morgan fingerprint density at radius 1 is 1.47 bits per heavy atom. The second-order valence-electron chi connectivity index (χ2n) is 3.22. The molecule has 0 aromatic carbocycles. The van der Waals surface area contributed by atoms with Crippen molar-refractivity contribution in [1.82, 2.24) is 4.98 Å². The number of H-pyrrole nitrogens is 1. The van der Waals surface area contributed by atoms with Crippen LogP contribution in [0.25, 0.3) is 0 Å². The highest BCUT2D eigenvalue weighted by Crippen LogP contribution is 2.28. The molecule has 1 rings (SSSR count). The van der Waals surface area contributed by atoms with E-state index in [-0.39, 0.29) is 12.2 Å². The molecule has 0 radical (unpaired) electrons. The lowest BCUT2D eigenvalue weighted by atomic mass is 10.1. The van der Waals surface area contributed by atoms with E-state index in [4.69, 9.17) is 0 Å². The number of pyridine rings is 1. The molecular weight excluding hydrogens is 239 g/mol.